The third-order valence-corrected chi connectivity index (χ3v) is 5.32. The highest BCUT2D eigenvalue weighted by atomic mass is 32.2. The first kappa shape index (κ1) is 17.5. The van der Waals surface area contributed by atoms with Crippen molar-refractivity contribution in [1.82, 2.24) is 4.31 Å². The molecule has 0 saturated heterocycles. The molecule has 4 nitrogen and oxygen atoms in total. The zero-order valence-corrected chi connectivity index (χ0v) is 13.3. The maximum atomic E-state index is 13.8. The number of hydrogen-bond acceptors (Lipinski definition) is 3. The standard InChI is InChI=1S/C16H18F2N2O2S/c17-14-7-4-8-15(16(14)18)23(21,22)20(12-10-19)11-9-13-5-2-1-3-6-13/h1-8H,9-12,19H2. The minimum absolute atomic E-state index is 0.0329. The smallest absolute Gasteiger partial charge is 0.246 e. The fourth-order valence-corrected chi connectivity index (χ4v) is 3.75. The molecule has 0 aliphatic heterocycles. The highest BCUT2D eigenvalue weighted by molar-refractivity contribution is 7.89. The summed E-state index contributed by atoms with van der Waals surface area (Å²) in [5.41, 5.74) is 6.42. The first-order chi connectivity index (χ1) is 11.0. The molecule has 2 aromatic carbocycles. The monoisotopic (exact) mass is 340 g/mol. The van der Waals surface area contributed by atoms with Crippen molar-refractivity contribution in [2.24, 2.45) is 5.73 Å². The largest absolute Gasteiger partial charge is 0.329 e. The minimum atomic E-state index is -4.15. The lowest BCUT2D eigenvalue weighted by atomic mass is 10.1. The minimum Gasteiger partial charge on any atom is -0.329 e. The Bertz CT molecular complexity index is 752. The van der Waals surface area contributed by atoms with Crippen molar-refractivity contribution in [3.05, 3.63) is 65.7 Å². The quantitative estimate of drug-likeness (QED) is 0.840. The molecule has 0 aromatic heterocycles. The molecule has 0 amide bonds. The number of hydrogen-bond donors (Lipinski definition) is 1. The summed E-state index contributed by atoms with van der Waals surface area (Å²) in [6.45, 7) is 0.259. The van der Waals surface area contributed by atoms with Gasteiger partial charge < -0.3 is 5.73 Å². The summed E-state index contributed by atoms with van der Waals surface area (Å²) in [5, 5.41) is 0. The van der Waals surface area contributed by atoms with Crippen LogP contribution in [-0.4, -0.2) is 32.4 Å². The van der Waals surface area contributed by atoms with Crippen molar-refractivity contribution in [3.63, 3.8) is 0 Å². The number of sulfonamides is 1. The van der Waals surface area contributed by atoms with E-state index in [1.54, 1.807) is 0 Å². The van der Waals surface area contributed by atoms with Gasteiger partial charge in [0.1, 0.15) is 4.90 Å². The lowest BCUT2D eigenvalue weighted by molar-refractivity contribution is 0.413. The molecule has 124 valence electrons. The summed E-state index contributed by atoms with van der Waals surface area (Å²) in [4.78, 5) is -0.668. The van der Waals surface area contributed by atoms with Gasteiger partial charge in [-0.15, -0.1) is 0 Å². The van der Waals surface area contributed by atoms with Crippen LogP contribution >= 0.6 is 0 Å². The van der Waals surface area contributed by atoms with Crippen molar-refractivity contribution < 1.29 is 17.2 Å². The van der Waals surface area contributed by atoms with E-state index in [1.165, 1.54) is 6.07 Å². The molecule has 2 rings (SSSR count). The molecule has 0 radical (unpaired) electrons. The van der Waals surface area contributed by atoms with Gasteiger partial charge in [0, 0.05) is 19.6 Å². The van der Waals surface area contributed by atoms with E-state index in [-0.39, 0.29) is 19.6 Å². The van der Waals surface area contributed by atoms with E-state index in [0.717, 1.165) is 22.0 Å². The summed E-state index contributed by atoms with van der Waals surface area (Å²) >= 11 is 0. The first-order valence-electron chi connectivity index (χ1n) is 7.15. The van der Waals surface area contributed by atoms with E-state index < -0.39 is 26.6 Å². The van der Waals surface area contributed by atoms with E-state index in [1.807, 2.05) is 30.3 Å². The molecule has 0 bridgehead atoms. The first-order valence-corrected chi connectivity index (χ1v) is 8.59. The van der Waals surface area contributed by atoms with Gasteiger partial charge in [0.25, 0.3) is 0 Å². The Morgan fingerprint density at radius 1 is 0.957 bits per heavy atom. The maximum absolute atomic E-state index is 13.8. The summed E-state index contributed by atoms with van der Waals surface area (Å²) in [5.74, 6) is -2.56. The molecular weight excluding hydrogens is 322 g/mol. The third-order valence-electron chi connectivity index (χ3n) is 3.41. The number of nitrogens with zero attached hydrogens (tertiary/aromatic N) is 1. The fraction of sp³-hybridized carbons (Fsp3) is 0.250. The third kappa shape index (κ3) is 4.13. The van der Waals surface area contributed by atoms with Crippen LogP contribution in [-0.2, 0) is 16.4 Å². The van der Waals surface area contributed by atoms with Gasteiger partial charge in [0.15, 0.2) is 11.6 Å². The Hall–Kier alpha value is -1.83. The molecule has 0 aliphatic rings. The molecule has 0 saturated carbocycles. The molecule has 0 atom stereocenters. The van der Waals surface area contributed by atoms with Crippen LogP contribution in [0.15, 0.2) is 53.4 Å². The number of halogens is 2. The topological polar surface area (TPSA) is 63.4 Å². The summed E-state index contributed by atoms with van der Waals surface area (Å²) < 4.78 is 53.4. The van der Waals surface area contributed by atoms with E-state index >= 15 is 0 Å². The van der Waals surface area contributed by atoms with Gasteiger partial charge in [-0.3, -0.25) is 0 Å². The van der Waals surface area contributed by atoms with Crippen LogP contribution in [0.25, 0.3) is 0 Å². The van der Waals surface area contributed by atoms with Crippen LogP contribution in [0.5, 0.6) is 0 Å². The van der Waals surface area contributed by atoms with Crippen molar-refractivity contribution in [2.75, 3.05) is 19.6 Å². The van der Waals surface area contributed by atoms with Gasteiger partial charge in [-0.05, 0) is 24.1 Å². The highest BCUT2D eigenvalue weighted by Crippen LogP contribution is 2.21. The molecule has 0 heterocycles. The normalized spacial score (nSPS) is 11.8. The Balaban J connectivity index is 2.26. The highest BCUT2D eigenvalue weighted by Gasteiger charge is 2.28. The number of benzene rings is 2. The Morgan fingerprint density at radius 2 is 1.65 bits per heavy atom. The van der Waals surface area contributed by atoms with Crippen LogP contribution in [0.4, 0.5) is 8.78 Å². The molecule has 2 aromatic rings. The molecule has 0 aliphatic carbocycles. The van der Waals surface area contributed by atoms with Gasteiger partial charge in [-0.25, -0.2) is 17.2 Å². The van der Waals surface area contributed by atoms with E-state index in [9.17, 15) is 17.2 Å². The Kier molecular flexibility index (Phi) is 5.81. The molecular formula is C16H18F2N2O2S. The van der Waals surface area contributed by atoms with Crippen LogP contribution < -0.4 is 5.73 Å². The predicted molar refractivity (Wildman–Crippen MR) is 84.3 cm³/mol. The molecule has 7 heteroatoms. The van der Waals surface area contributed by atoms with Crippen LogP contribution in [0, 0.1) is 11.6 Å². The van der Waals surface area contributed by atoms with Crippen LogP contribution in [0.3, 0.4) is 0 Å². The zero-order valence-electron chi connectivity index (χ0n) is 12.5. The van der Waals surface area contributed by atoms with Gasteiger partial charge in [0.2, 0.25) is 10.0 Å². The second-order valence-corrected chi connectivity index (χ2v) is 6.89. The molecule has 0 spiro atoms. The van der Waals surface area contributed by atoms with E-state index in [4.69, 9.17) is 5.73 Å². The second-order valence-electron chi connectivity index (χ2n) is 4.98. The van der Waals surface area contributed by atoms with Crippen LogP contribution in [0.2, 0.25) is 0 Å². The van der Waals surface area contributed by atoms with Crippen LogP contribution in [0.1, 0.15) is 5.56 Å². The lowest BCUT2D eigenvalue weighted by Gasteiger charge is -2.22. The predicted octanol–water partition coefficient (Wildman–Crippen LogP) is 2.16. The maximum Gasteiger partial charge on any atom is 0.246 e. The summed E-state index contributed by atoms with van der Waals surface area (Å²) in [6, 6.07) is 12.4. The average molecular weight is 340 g/mol. The molecule has 2 N–H and O–H groups in total. The second kappa shape index (κ2) is 7.63. The summed E-state index contributed by atoms with van der Waals surface area (Å²) in [6.07, 6.45) is 0.455. The van der Waals surface area contributed by atoms with Crippen molar-refractivity contribution in [1.29, 1.82) is 0 Å². The lowest BCUT2D eigenvalue weighted by Crippen LogP contribution is -2.37. The molecule has 0 unspecified atom stereocenters. The van der Waals surface area contributed by atoms with E-state index in [0.29, 0.717) is 6.42 Å². The SMILES string of the molecule is NCCN(CCc1ccccc1)S(=O)(=O)c1cccc(F)c1F. The molecule has 23 heavy (non-hydrogen) atoms. The van der Waals surface area contributed by atoms with Gasteiger partial charge in [-0.2, -0.15) is 4.31 Å². The van der Waals surface area contributed by atoms with Crippen molar-refractivity contribution >= 4 is 10.0 Å². The molecule has 0 fully saturated rings. The fourth-order valence-electron chi connectivity index (χ4n) is 2.22. The van der Waals surface area contributed by atoms with Gasteiger partial charge >= 0.3 is 0 Å². The van der Waals surface area contributed by atoms with Crippen molar-refractivity contribution in [2.45, 2.75) is 11.3 Å². The number of nitrogens with two attached hydrogens (primary N) is 1. The van der Waals surface area contributed by atoms with Gasteiger partial charge in [-0.1, -0.05) is 36.4 Å². The van der Waals surface area contributed by atoms with E-state index in [2.05, 4.69) is 0 Å². The van der Waals surface area contributed by atoms with Crippen molar-refractivity contribution in [3.8, 4) is 0 Å². The summed E-state index contributed by atoms with van der Waals surface area (Å²) in [7, 11) is -4.15. The Morgan fingerprint density at radius 3 is 2.30 bits per heavy atom. The number of rotatable bonds is 7. The Labute approximate surface area is 134 Å². The average Bonchev–Trinajstić information content (AvgIpc) is 2.54. The zero-order chi connectivity index (χ0) is 16.9. The van der Waals surface area contributed by atoms with Gasteiger partial charge in [0.05, 0.1) is 0 Å².